The molecule has 0 fully saturated rings. The molecule has 154 valence electrons. The Morgan fingerprint density at radius 3 is 1.86 bits per heavy atom. The Bertz CT molecular complexity index is 779. The van der Waals surface area contributed by atoms with Crippen LogP contribution >= 0.6 is 0 Å². The molecule has 0 amide bonds. The van der Waals surface area contributed by atoms with Crippen LogP contribution in [0, 0.1) is 0 Å². The van der Waals surface area contributed by atoms with E-state index in [0.717, 1.165) is 62.3 Å². The molecule has 29 heavy (non-hydrogen) atoms. The van der Waals surface area contributed by atoms with Gasteiger partial charge in [-0.05, 0) is 0 Å². The van der Waals surface area contributed by atoms with Crippen molar-refractivity contribution in [3.05, 3.63) is 60.3 Å². The molecule has 0 spiro atoms. The number of carbonyl (C=O) groups excluding carboxylic acids is 3. The van der Waals surface area contributed by atoms with Gasteiger partial charge in [-0.25, -0.2) is 0 Å². The number of allylic oxidation sites excluding steroid dienone is 4. The maximum absolute atomic E-state index is 12.2. The van der Waals surface area contributed by atoms with E-state index < -0.39 is 39.9 Å². The van der Waals surface area contributed by atoms with Crippen LogP contribution < -0.4 is 0 Å². The first-order valence-corrected chi connectivity index (χ1v) is 12.7. The minimum absolute atomic E-state index is 0.416. The molecule has 0 saturated carbocycles. The molecule has 1 unspecified atom stereocenters. The summed E-state index contributed by atoms with van der Waals surface area (Å²) in [7, 11) is 0. The van der Waals surface area contributed by atoms with Gasteiger partial charge in [0.05, 0.1) is 0 Å². The standard InChI is InChI=1S/C13H17.3C3H4O2.Ti/c1-3-7-12-10(5-1)9-11-6-2-4-8-13(11)12;3*1-2-3(4)5;/h5H,1-4,6-9H2;3*2H,1H2,(H,4,5);/q;;;;+3/p-3. The van der Waals surface area contributed by atoms with Crippen LogP contribution in [0.25, 0.3) is 0 Å². The quantitative estimate of drug-likeness (QED) is 0.430. The second-order valence-corrected chi connectivity index (χ2v) is 11.3. The molecular formula is C22H26O6Ti. The fourth-order valence-electron chi connectivity index (χ4n) is 4.57. The zero-order valence-corrected chi connectivity index (χ0v) is 18.1. The van der Waals surface area contributed by atoms with Crippen LogP contribution in [0.4, 0.5) is 0 Å². The molecule has 3 aliphatic carbocycles. The third-order valence-corrected chi connectivity index (χ3v) is 10.3. The fraction of sp³-hybridized carbons (Fsp3) is 0.409. The van der Waals surface area contributed by atoms with Crippen molar-refractivity contribution in [1.82, 2.24) is 0 Å². The van der Waals surface area contributed by atoms with Gasteiger partial charge in [-0.2, -0.15) is 0 Å². The zero-order chi connectivity index (χ0) is 21.0. The van der Waals surface area contributed by atoms with E-state index >= 15 is 0 Å². The summed E-state index contributed by atoms with van der Waals surface area (Å²) >= 11 is -4.82. The van der Waals surface area contributed by atoms with Crippen LogP contribution in [0.3, 0.4) is 0 Å². The third-order valence-electron chi connectivity index (χ3n) is 5.73. The summed E-state index contributed by atoms with van der Waals surface area (Å²) < 4.78 is 16.5. The molecule has 0 bridgehead atoms. The van der Waals surface area contributed by atoms with Crippen molar-refractivity contribution in [2.24, 2.45) is 0 Å². The summed E-state index contributed by atoms with van der Waals surface area (Å²) in [6.07, 6.45) is 10.6. The molecule has 6 nitrogen and oxygen atoms in total. The van der Waals surface area contributed by atoms with Gasteiger partial charge >= 0.3 is 176 Å². The number of fused-ring (bicyclic) bond motifs is 1. The molecule has 0 aromatic rings. The summed E-state index contributed by atoms with van der Waals surface area (Å²) in [5.74, 6) is -2.33. The SMILES string of the molecule is C=CC(=O)[O][Ti]([O]C(=O)C=C)([O]C(=O)C=C)[CH]1CCCC2=C1CC1=C2CCCC1. The van der Waals surface area contributed by atoms with Crippen molar-refractivity contribution in [2.45, 2.75) is 55.6 Å². The molecule has 7 heteroatoms. The van der Waals surface area contributed by atoms with E-state index in [9.17, 15) is 14.4 Å². The molecule has 0 heterocycles. The van der Waals surface area contributed by atoms with Crippen molar-refractivity contribution in [2.75, 3.05) is 0 Å². The molecule has 0 aliphatic heterocycles. The molecule has 0 radical (unpaired) electrons. The predicted molar refractivity (Wildman–Crippen MR) is 104 cm³/mol. The second-order valence-electron chi connectivity index (χ2n) is 7.39. The Kier molecular flexibility index (Phi) is 6.75. The van der Waals surface area contributed by atoms with Crippen molar-refractivity contribution < 1.29 is 42.1 Å². The van der Waals surface area contributed by atoms with E-state index in [2.05, 4.69) is 19.7 Å². The molecule has 0 aromatic heterocycles. The van der Waals surface area contributed by atoms with Gasteiger partial charge < -0.3 is 0 Å². The van der Waals surface area contributed by atoms with Crippen LogP contribution in [0.15, 0.2) is 60.3 Å². The monoisotopic (exact) mass is 434 g/mol. The summed E-state index contributed by atoms with van der Waals surface area (Å²) in [6.45, 7) is 10.3. The van der Waals surface area contributed by atoms with Crippen molar-refractivity contribution in [1.29, 1.82) is 0 Å². The van der Waals surface area contributed by atoms with E-state index in [0.29, 0.717) is 6.42 Å². The molecule has 0 aromatic carbocycles. The van der Waals surface area contributed by atoms with Gasteiger partial charge in [0.2, 0.25) is 0 Å². The van der Waals surface area contributed by atoms with Gasteiger partial charge in [0.15, 0.2) is 0 Å². The Balaban J connectivity index is 2.07. The Labute approximate surface area is 175 Å². The first-order valence-electron chi connectivity index (χ1n) is 9.93. The van der Waals surface area contributed by atoms with Crippen LogP contribution in [0.1, 0.15) is 51.4 Å². The van der Waals surface area contributed by atoms with Crippen molar-refractivity contribution in [3.8, 4) is 0 Å². The Hall–Kier alpha value is -2.18. The van der Waals surface area contributed by atoms with Crippen LogP contribution in [0.5, 0.6) is 0 Å². The normalized spacial score (nSPS) is 20.9. The van der Waals surface area contributed by atoms with E-state index in [-0.39, 0.29) is 0 Å². The molecule has 3 aliphatic rings. The van der Waals surface area contributed by atoms with Crippen molar-refractivity contribution >= 4 is 17.9 Å². The van der Waals surface area contributed by atoms with E-state index in [1.165, 1.54) is 23.1 Å². The molecule has 0 saturated heterocycles. The van der Waals surface area contributed by atoms with Gasteiger partial charge in [0, 0.05) is 0 Å². The van der Waals surface area contributed by atoms with Gasteiger partial charge in [-0.3, -0.25) is 0 Å². The average Bonchev–Trinajstić information content (AvgIpc) is 3.11. The summed E-state index contributed by atoms with van der Waals surface area (Å²) in [5.41, 5.74) is 5.22. The summed E-state index contributed by atoms with van der Waals surface area (Å²) in [5, 5.41) is 0. The molecule has 1 atom stereocenters. The summed E-state index contributed by atoms with van der Waals surface area (Å²) in [4.78, 5) is 36.6. The van der Waals surface area contributed by atoms with Crippen LogP contribution in [-0.4, -0.2) is 17.9 Å². The van der Waals surface area contributed by atoms with Crippen molar-refractivity contribution in [3.63, 3.8) is 0 Å². The van der Waals surface area contributed by atoms with E-state index in [4.69, 9.17) is 9.96 Å². The first kappa shape index (κ1) is 21.5. The molecule has 3 rings (SSSR count). The fourth-order valence-corrected chi connectivity index (χ4v) is 9.11. The average molecular weight is 434 g/mol. The van der Waals surface area contributed by atoms with Gasteiger partial charge in [0.25, 0.3) is 0 Å². The summed E-state index contributed by atoms with van der Waals surface area (Å²) in [6, 6.07) is 0. The minimum atomic E-state index is -4.82. The predicted octanol–water partition coefficient (Wildman–Crippen LogP) is 4.62. The van der Waals surface area contributed by atoms with Gasteiger partial charge in [-0.15, -0.1) is 0 Å². The number of carbonyl (C=O) groups is 3. The Morgan fingerprint density at radius 2 is 1.31 bits per heavy atom. The Morgan fingerprint density at radius 1 is 0.793 bits per heavy atom. The number of rotatable bonds is 7. The van der Waals surface area contributed by atoms with Crippen LogP contribution in [0.2, 0.25) is 4.22 Å². The number of hydrogen-bond acceptors (Lipinski definition) is 6. The maximum atomic E-state index is 12.2. The van der Waals surface area contributed by atoms with Gasteiger partial charge in [-0.1, -0.05) is 0 Å². The number of hydrogen-bond donors (Lipinski definition) is 0. The first-order chi connectivity index (χ1) is 13.9. The van der Waals surface area contributed by atoms with Crippen LogP contribution in [-0.2, 0) is 42.1 Å². The molecule has 0 N–H and O–H groups in total. The second kappa shape index (κ2) is 9.10. The zero-order valence-electron chi connectivity index (χ0n) is 16.5. The van der Waals surface area contributed by atoms with E-state index in [1.807, 2.05) is 0 Å². The third kappa shape index (κ3) is 4.38. The van der Waals surface area contributed by atoms with Gasteiger partial charge in [0.1, 0.15) is 0 Å². The molecular weight excluding hydrogens is 408 g/mol. The van der Waals surface area contributed by atoms with E-state index in [1.54, 1.807) is 0 Å². The topological polar surface area (TPSA) is 78.9 Å².